The molecule has 0 aliphatic rings. The molecular formula is C11H13ClN6O3. The summed E-state index contributed by atoms with van der Waals surface area (Å²) in [6.07, 6.45) is 1.66. The number of carbonyl (C=O) groups is 1. The lowest BCUT2D eigenvalue weighted by molar-refractivity contribution is -0.389. The monoisotopic (exact) mass is 312 g/mol. The summed E-state index contributed by atoms with van der Waals surface area (Å²) in [6.45, 7) is 2.18. The lowest BCUT2D eigenvalue weighted by Crippen LogP contribution is -2.27. The minimum absolute atomic E-state index is 0.174. The Hall–Kier alpha value is -2.42. The molecule has 0 bridgehead atoms. The zero-order chi connectivity index (χ0) is 15.7. The molecule has 10 heteroatoms. The predicted octanol–water partition coefficient (Wildman–Crippen LogP) is 1.29. The number of rotatable bonds is 4. The lowest BCUT2D eigenvalue weighted by Gasteiger charge is -2.15. The molecule has 0 aromatic carbocycles. The number of nitrogens with zero attached hydrogens (tertiary/aromatic N) is 5. The Morgan fingerprint density at radius 1 is 1.62 bits per heavy atom. The number of aromatic amines is 1. The van der Waals surface area contributed by atoms with E-state index in [0.29, 0.717) is 6.54 Å². The fourth-order valence-corrected chi connectivity index (χ4v) is 2.02. The van der Waals surface area contributed by atoms with Crippen LogP contribution in [0.25, 0.3) is 0 Å². The standard InChI is InChI=1S/C11H13ClN6O3/c1-6-7(4-13-17(6)3)5-16(2)11(19)9-8(12)10(15-14-9)18(20)21/h4H,5H2,1-3H3,(H,14,15). The van der Waals surface area contributed by atoms with E-state index in [1.54, 1.807) is 25.0 Å². The molecule has 0 spiro atoms. The van der Waals surface area contributed by atoms with Gasteiger partial charge in [-0.2, -0.15) is 5.10 Å². The minimum atomic E-state index is -0.725. The summed E-state index contributed by atoms with van der Waals surface area (Å²) in [5.74, 6) is -1.00. The van der Waals surface area contributed by atoms with Crippen molar-refractivity contribution in [1.82, 2.24) is 24.9 Å². The summed E-state index contributed by atoms with van der Waals surface area (Å²) < 4.78 is 1.69. The van der Waals surface area contributed by atoms with Crippen LogP contribution in [0.4, 0.5) is 5.82 Å². The van der Waals surface area contributed by atoms with Crippen molar-refractivity contribution in [2.75, 3.05) is 7.05 Å². The highest BCUT2D eigenvalue weighted by molar-refractivity contribution is 6.35. The molecule has 0 unspecified atom stereocenters. The van der Waals surface area contributed by atoms with Crippen LogP contribution in [0.5, 0.6) is 0 Å². The van der Waals surface area contributed by atoms with Crippen molar-refractivity contribution in [1.29, 1.82) is 0 Å². The summed E-state index contributed by atoms with van der Waals surface area (Å²) in [6, 6.07) is 0. The first-order chi connectivity index (χ1) is 9.82. The SMILES string of the molecule is Cc1c(CN(C)C(=O)c2n[nH]c([N+](=O)[O-])c2Cl)cnn1C. The first-order valence-electron chi connectivity index (χ1n) is 5.94. The van der Waals surface area contributed by atoms with Crippen molar-refractivity contribution >= 4 is 23.3 Å². The van der Waals surface area contributed by atoms with Gasteiger partial charge in [0.2, 0.25) is 0 Å². The molecule has 1 amide bonds. The van der Waals surface area contributed by atoms with Gasteiger partial charge in [-0.3, -0.25) is 9.48 Å². The molecule has 0 saturated heterocycles. The number of aryl methyl sites for hydroxylation is 1. The number of aromatic nitrogens is 4. The van der Waals surface area contributed by atoms with Crippen molar-refractivity contribution in [3.63, 3.8) is 0 Å². The average Bonchev–Trinajstić information content (AvgIpc) is 2.95. The molecule has 2 aromatic rings. The Morgan fingerprint density at radius 3 is 2.76 bits per heavy atom. The van der Waals surface area contributed by atoms with Gasteiger partial charge in [0.15, 0.2) is 10.7 Å². The number of amides is 1. The maximum absolute atomic E-state index is 12.2. The number of hydrogen-bond acceptors (Lipinski definition) is 5. The van der Waals surface area contributed by atoms with Gasteiger partial charge >= 0.3 is 5.82 Å². The van der Waals surface area contributed by atoms with Gasteiger partial charge in [-0.25, -0.2) is 0 Å². The Kier molecular flexibility index (Phi) is 3.94. The molecular weight excluding hydrogens is 300 g/mol. The highest BCUT2D eigenvalue weighted by atomic mass is 35.5. The molecule has 0 saturated carbocycles. The second-order valence-electron chi connectivity index (χ2n) is 4.53. The molecule has 21 heavy (non-hydrogen) atoms. The van der Waals surface area contributed by atoms with Crippen LogP contribution in [0.1, 0.15) is 21.7 Å². The molecule has 0 aliphatic heterocycles. The van der Waals surface area contributed by atoms with Crippen LogP contribution in [-0.4, -0.2) is 42.8 Å². The second kappa shape index (κ2) is 5.52. The molecule has 2 heterocycles. The highest BCUT2D eigenvalue weighted by Crippen LogP contribution is 2.25. The van der Waals surface area contributed by atoms with Crippen LogP contribution in [0.2, 0.25) is 5.02 Å². The largest absolute Gasteiger partial charge is 0.362 e. The Balaban J connectivity index is 2.20. The van der Waals surface area contributed by atoms with E-state index in [-0.39, 0.29) is 10.7 Å². The summed E-state index contributed by atoms with van der Waals surface area (Å²) in [5, 5.41) is 20.2. The summed E-state index contributed by atoms with van der Waals surface area (Å²) in [4.78, 5) is 23.6. The lowest BCUT2D eigenvalue weighted by atomic mass is 10.2. The maximum atomic E-state index is 12.2. The Bertz CT molecular complexity index is 707. The van der Waals surface area contributed by atoms with Gasteiger partial charge in [-0.1, -0.05) is 16.7 Å². The first-order valence-corrected chi connectivity index (χ1v) is 6.32. The zero-order valence-electron chi connectivity index (χ0n) is 11.6. The number of halogens is 1. The highest BCUT2D eigenvalue weighted by Gasteiger charge is 2.27. The third kappa shape index (κ3) is 2.72. The topological polar surface area (TPSA) is 110 Å². The number of nitrogens with one attached hydrogen (secondary N) is 1. The van der Waals surface area contributed by atoms with Crippen LogP contribution in [0.3, 0.4) is 0 Å². The fourth-order valence-electron chi connectivity index (χ4n) is 1.79. The number of hydrogen-bond donors (Lipinski definition) is 1. The number of H-pyrrole nitrogens is 1. The summed E-state index contributed by atoms with van der Waals surface area (Å²) >= 11 is 5.80. The van der Waals surface area contributed by atoms with Crippen molar-refractivity contribution in [3.05, 3.63) is 38.3 Å². The van der Waals surface area contributed by atoms with Crippen LogP contribution in [0, 0.1) is 17.0 Å². The van der Waals surface area contributed by atoms with Crippen molar-refractivity contribution in [3.8, 4) is 0 Å². The normalized spacial score (nSPS) is 10.7. The van der Waals surface area contributed by atoms with E-state index in [1.165, 1.54) is 4.90 Å². The zero-order valence-corrected chi connectivity index (χ0v) is 12.4. The molecule has 0 aliphatic carbocycles. The van der Waals surface area contributed by atoms with Gasteiger partial charge in [-0.15, -0.1) is 5.10 Å². The summed E-state index contributed by atoms with van der Waals surface area (Å²) in [7, 11) is 3.36. The van der Waals surface area contributed by atoms with Crippen molar-refractivity contribution in [2.24, 2.45) is 7.05 Å². The second-order valence-corrected chi connectivity index (χ2v) is 4.91. The van der Waals surface area contributed by atoms with E-state index in [9.17, 15) is 14.9 Å². The van der Waals surface area contributed by atoms with E-state index in [2.05, 4.69) is 15.3 Å². The van der Waals surface area contributed by atoms with Gasteiger partial charge in [0.05, 0.1) is 6.20 Å². The van der Waals surface area contributed by atoms with E-state index in [0.717, 1.165) is 11.3 Å². The number of nitro groups is 1. The molecule has 1 N–H and O–H groups in total. The maximum Gasteiger partial charge on any atom is 0.362 e. The van der Waals surface area contributed by atoms with Crippen molar-refractivity contribution < 1.29 is 9.72 Å². The fraction of sp³-hybridized carbons (Fsp3) is 0.364. The summed E-state index contributed by atoms with van der Waals surface area (Å²) in [5.41, 5.74) is 1.62. The quantitative estimate of drug-likeness (QED) is 0.675. The smallest absolute Gasteiger partial charge is 0.358 e. The van der Waals surface area contributed by atoms with Gasteiger partial charge in [0.1, 0.15) is 0 Å². The predicted molar refractivity (Wildman–Crippen MR) is 74.0 cm³/mol. The molecule has 0 atom stereocenters. The van der Waals surface area contributed by atoms with Crippen LogP contribution in [0.15, 0.2) is 6.20 Å². The van der Waals surface area contributed by atoms with Gasteiger partial charge in [0.25, 0.3) is 5.91 Å². The van der Waals surface area contributed by atoms with Crippen LogP contribution >= 0.6 is 11.6 Å². The van der Waals surface area contributed by atoms with E-state index >= 15 is 0 Å². The van der Waals surface area contributed by atoms with Gasteiger partial charge < -0.3 is 15.0 Å². The van der Waals surface area contributed by atoms with Crippen LogP contribution < -0.4 is 0 Å². The van der Waals surface area contributed by atoms with Gasteiger partial charge in [0, 0.05) is 31.9 Å². The Morgan fingerprint density at radius 2 is 2.29 bits per heavy atom. The molecule has 2 aromatic heterocycles. The molecule has 2 rings (SSSR count). The molecule has 0 radical (unpaired) electrons. The van der Waals surface area contributed by atoms with Crippen LogP contribution in [-0.2, 0) is 13.6 Å². The molecule has 9 nitrogen and oxygen atoms in total. The van der Waals surface area contributed by atoms with Gasteiger partial charge in [-0.05, 0) is 11.8 Å². The van der Waals surface area contributed by atoms with E-state index in [4.69, 9.17) is 11.6 Å². The third-order valence-electron chi connectivity index (χ3n) is 3.17. The Labute approximate surface area is 124 Å². The number of carbonyl (C=O) groups excluding carboxylic acids is 1. The third-order valence-corrected chi connectivity index (χ3v) is 3.52. The molecule has 112 valence electrons. The van der Waals surface area contributed by atoms with E-state index < -0.39 is 16.6 Å². The molecule has 0 fully saturated rings. The first kappa shape index (κ1) is 15.0. The van der Waals surface area contributed by atoms with E-state index in [1.807, 2.05) is 6.92 Å². The van der Waals surface area contributed by atoms with Crippen molar-refractivity contribution in [2.45, 2.75) is 13.5 Å². The average molecular weight is 313 g/mol. The minimum Gasteiger partial charge on any atom is -0.358 e.